The minimum Gasteiger partial charge on any atom is -0.464 e. The Bertz CT molecular complexity index is 1130. The van der Waals surface area contributed by atoms with E-state index in [-0.39, 0.29) is 5.88 Å². The summed E-state index contributed by atoms with van der Waals surface area (Å²) in [5.41, 5.74) is 0.913. The van der Waals surface area contributed by atoms with E-state index in [4.69, 9.17) is 9.84 Å². The Labute approximate surface area is 153 Å². The number of hydrogen-bond donors (Lipinski definition) is 2. The molecule has 0 radical (unpaired) electrons. The highest BCUT2D eigenvalue weighted by Gasteiger charge is 2.17. The van der Waals surface area contributed by atoms with Gasteiger partial charge in [0.25, 0.3) is 0 Å². The van der Waals surface area contributed by atoms with E-state index in [9.17, 15) is 9.90 Å². The van der Waals surface area contributed by atoms with Gasteiger partial charge in [-0.25, -0.2) is 19.7 Å². The number of carboxylic acid groups (broad SMARTS) is 1. The lowest BCUT2D eigenvalue weighted by molar-refractivity contribution is 0.197. The minimum atomic E-state index is -1.05. The Kier molecular flexibility index (Phi) is 4.05. The number of benzene rings is 1. The minimum absolute atomic E-state index is 0.255. The molecule has 0 bridgehead atoms. The predicted molar refractivity (Wildman–Crippen MR) is 94.7 cm³/mol. The number of carbonyl (C=O) groups is 1. The van der Waals surface area contributed by atoms with E-state index in [2.05, 4.69) is 15.0 Å². The number of nitrogens with zero attached hydrogens (tertiary/aromatic N) is 5. The average molecular weight is 365 g/mol. The third kappa shape index (κ3) is 3.11. The molecule has 0 saturated heterocycles. The van der Waals surface area contributed by atoms with E-state index in [1.54, 1.807) is 48.3 Å². The summed E-state index contributed by atoms with van der Waals surface area (Å²) in [4.78, 5) is 23.4. The van der Waals surface area contributed by atoms with Crippen molar-refractivity contribution in [3.05, 3.63) is 66.8 Å². The van der Waals surface area contributed by atoms with Gasteiger partial charge in [0, 0.05) is 37.1 Å². The van der Waals surface area contributed by atoms with Crippen LogP contribution in [-0.4, -0.2) is 40.4 Å². The molecule has 4 aromatic rings. The number of rotatable bonds is 4. The topological polar surface area (TPSA) is 115 Å². The molecule has 1 aromatic carbocycles. The van der Waals surface area contributed by atoms with Crippen molar-refractivity contribution in [2.45, 2.75) is 6.10 Å². The van der Waals surface area contributed by atoms with Crippen LogP contribution in [0.1, 0.15) is 17.6 Å². The van der Waals surface area contributed by atoms with E-state index < -0.39 is 12.2 Å². The number of ether oxygens (including phenoxy) is 1. The smallest absolute Gasteiger partial charge is 0.415 e. The third-order valence-corrected chi connectivity index (χ3v) is 4.14. The lowest BCUT2D eigenvalue weighted by Gasteiger charge is -2.11. The average Bonchev–Trinajstić information content (AvgIpc) is 3.27. The van der Waals surface area contributed by atoms with Crippen molar-refractivity contribution in [2.75, 3.05) is 0 Å². The van der Waals surface area contributed by atoms with Crippen molar-refractivity contribution < 1.29 is 19.7 Å². The van der Waals surface area contributed by atoms with Gasteiger partial charge in [0.2, 0.25) is 5.88 Å². The van der Waals surface area contributed by atoms with Crippen LogP contribution in [0.4, 0.5) is 4.79 Å². The first-order valence-corrected chi connectivity index (χ1v) is 8.02. The second kappa shape index (κ2) is 6.54. The second-order valence-electron chi connectivity index (χ2n) is 5.87. The fourth-order valence-corrected chi connectivity index (χ4v) is 2.80. The Morgan fingerprint density at radius 2 is 2.00 bits per heavy atom. The highest BCUT2D eigenvalue weighted by atomic mass is 16.5. The molecule has 1 unspecified atom stereocenters. The maximum Gasteiger partial charge on any atom is 0.415 e. The number of fused-ring (bicyclic) bond motifs is 1. The van der Waals surface area contributed by atoms with Gasteiger partial charge in [-0.05, 0) is 24.3 Å². The van der Waals surface area contributed by atoms with Gasteiger partial charge < -0.3 is 19.5 Å². The first-order chi connectivity index (χ1) is 13.0. The fraction of sp³-hybridized carbons (Fsp3) is 0.111. The standard InChI is InChI=1S/C18H15N5O4/c1-22-7-5-19-17(22)16(24)13-9-15(21-10-20-13)27-12-2-3-14-11(8-12)4-6-23(14)18(25)26/h2-10,16,24H,1H3,(H,25,26). The maximum atomic E-state index is 11.2. The molecule has 3 aromatic heterocycles. The molecule has 1 atom stereocenters. The molecule has 9 heteroatoms. The Balaban J connectivity index is 1.61. The van der Waals surface area contributed by atoms with Crippen LogP contribution in [0.3, 0.4) is 0 Å². The molecular formula is C18H15N5O4. The van der Waals surface area contributed by atoms with Gasteiger partial charge in [0.15, 0.2) is 6.10 Å². The molecule has 3 heterocycles. The summed E-state index contributed by atoms with van der Waals surface area (Å²) in [6, 6.07) is 8.24. The van der Waals surface area contributed by atoms with E-state index in [1.807, 2.05) is 0 Å². The quantitative estimate of drug-likeness (QED) is 0.571. The summed E-state index contributed by atoms with van der Waals surface area (Å²) in [5.74, 6) is 1.20. The Morgan fingerprint density at radius 1 is 1.15 bits per heavy atom. The zero-order valence-electron chi connectivity index (χ0n) is 14.2. The van der Waals surface area contributed by atoms with Crippen LogP contribution in [0.2, 0.25) is 0 Å². The number of imidazole rings is 1. The molecule has 27 heavy (non-hydrogen) atoms. The molecule has 0 aliphatic carbocycles. The second-order valence-corrected chi connectivity index (χ2v) is 5.87. The summed E-state index contributed by atoms with van der Waals surface area (Å²) in [7, 11) is 1.78. The summed E-state index contributed by atoms with van der Waals surface area (Å²) >= 11 is 0. The molecule has 0 aliphatic rings. The molecular weight excluding hydrogens is 350 g/mol. The largest absolute Gasteiger partial charge is 0.464 e. The highest BCUT2D eigenvalue weighted by Crippen LogP contribution is 2.27. The maximum absolute atomic E-state index is 11.2. The van der Waals surface area contributed by atoms with E-state index in [0.29, 0.717) is 22.8 Å². The van der Waals surface area contributed by atoms with Gasteiger partial charge in [-0.15, -0.1) is 0 Å². The Hall–Kier alpha value is -3.72. The van der Waals surface area contributed by atoms with Crippen LogP contribution in [0.5, 0.6) is 11.6 Å². The van der Waals surface area contributed by atoms with Crippen molar-refractivity contribution >= 4 is 17.0 Å². The van der Waals surface area contributed by atoms with Crippen LogP contribution >= 0.6 is 0 Å². The monoisotopic (exact) mass is 365 g/mol. The van der Waals surface area contributed by atoms with Gasteiger partial charge in [-0.1, -0.05) is 0 Å². The zero-order chi connectivity index (χ0) is 19.0. The van der Waals surface area contributed by atoms with Gasteiger partial charge in [0.1, 0.15) is 17.9 Å². The third-order valence-electron chi connectivity index (χ3n) is 4.14. The van der Waals surface area contributed by atoms with E-state index >= 15 is 0 Å². The molecule has 0 amide bonds. The van der Waals surface area contributed by atoms with E-state index in [1.165, 1.54) is 18.6 Å². The van der Waals surface area contributed by atoms with Crippen molar-refractivity contribution in [1.29, 1.82) is 0 Å². The summed E-state index contributed by atoms with van der Waals surface area (Å²) in [5, 5.41) is 20.3. The molecule has 0 aliphatic heterocycles. The SMILES string of the molecule is Cn1ccnc1C(O)c1cc(Oc2ccc3c(ccn3C(=O)O)c2)ncn1. The molecule has 4 rings (SSSR count). The van der Waals surface area contributed by atoms with Gasteiger partial charge in [0.05, 0.1) is 11.2 Å². The molecule has 0 fully saturated rings. The van der Waals surface area contributed by atoms with Gasteiger partial charge in [-0.2, -0.15) is 0 Å². The van der Waals surface area contributed by atoms with Crippen molar-refractivity contribution in [3.63, 3.8) is 0 Å². The van der Waals surface area contributed by atoms with Crippen LogP contribution in [0.25, 0.3) is 10.9 Å². The molecule has 9 nitrogen and oxygen atoms in total. The fourth-order valence-electron chi connectivity index (χ4n) is 2.80. The van der Waals surface area contributed by atoms with Gasteiger partial charge in [-0.3, -0.25) is 4.57 Å². The van der Waals surface area contributed by atoms with Crippen LogP contribution in [0.15, 0.2) is 55.2 Å². The normalized spacial score (nSPS) is 12.2. The summed E-state index contributed by atoms with van der Waals surface area (Å²) < 4.78 is 8.58. The number of aliphatic hydroxyl groups excluding tert-OH is 1. The number of aryl methyl sites for hydroxylation is 1. The van der Waals surface area contributed by atoms with Crippen LogP contribution in [-0.2, 0) is 7.05 Å². The molecule has 0 spiro atoms. The lowest BCUT2D eigenvalue weighted by Crippen LogP contribution is -2.09. The Morgan fingerprint density at radius 3 is 2.74 bits per heavy atom. The van der Waals surface area contributed by atoms with Crippen molar-refractivity contribution in [1.82, 2.24) is 24.1 Å². The van der Waals surface area contributed by atoms with Crippen molar-refractivity contribution in [3.8, 4) is 11.6 Å². The molecule has 2 N–H and O–H groups in total. The molecule has 0 saturated carbocycles. The molecule has 136 valence electrons. The number of hydrogen-bond acceptors (Lipinski definition) is 6. The van der Waals surface area contributed by atoms with E-state index in [0.717, 1.165) is 9.95 Å². The highest BCUT2D eigenvalue weighted by molar-refractivity contribution is 5.89. The summed E-state index contributed by atoms with van der Waals surface area (Å²) in [6.07, 6.45) is 4.04. The van der Waals surface area contributed by atoms with Crippen LogP contribution in [0, 0.1) is 0 Å². The first kappa shape index (κ1) is 16.7. The van der Waals surface area contributed by atoms with Crippen LogP contribution < -0.4 is 4.74 Å². The van der Waals surface area contributed by atoms with Gasteiger partial charge >= 0.3 is 6.09 Å². The summed E-state index contributed by atoms with van der Waals surface area (Å²) in [6.45, 7) is 0. The number of aliphatic hydroxyl groups is 1. The lowest BCUT2D eigenvalue weighted by atomic mass is 10.2. The number of aromatic nitrogens is 5. The first-order valence-electron chi connectivity index (χ1n) is 8.02. The van der Waals surface area contributed by atoms with Crippen molar-refractivity contribution in [2.24, 2.45) is 7.05 Å². The predicted octanol–water partition coefficient (Wildman–Crippen LogP) is 2.56. The zero-order valence-corrected chi connectivity index (χ0v) is 14.2.